The van der Waals surface area contributed by atoms with Crippen molar-refractivity contribution in [1.29, 1.82) is 0 Å². The molecule has 0 atom stereocenters. The van der Waals surface area contributed by atoms with Gasteiger partial charge >= 0.3 is 0 Å². The maximum absolute atomic E-state index is 13.9. The molecule has 6 heteroatoms. The number of nitrogens with one attached hydrogen (secondary N) is 2. The van der Waals surface area contributed by atoms with Crippen molar-refractivity contribution in [3.05, 3.63) is 82.0 Å². The van der Waals surface area contributed by atoms with Crippen LogP contribution in [0.25, 0.3) is 16.5 Å². The smallest absolute Gasteiger partial charge is 0.244 e. The number of hydrogen-bond donors (Lipinski definition) is 2. The zero-order valence-corrected chi connectivity index (χ0v) is 17.9. The number of halogens is 1. The van der Waals surface area contributed by atoms with Crippen molar-refractivity contribution in [2.45, 2.75) is 20.8 Å². The van der Waals surface area contributed by atoms with Crippen LogP contribution in [0.3, 0.4) is 0 Å². The molecule has 0 aliphatic carbocycles. The summed E-state index contributed by atoms with van der Waals surface area (Å²) in [6, 6.07) is 14.2. The second kappa shape index (κ2) is 9.50. The van der Waals surface area contributed by atoms with E-state index >= 15 is 0 Å². The standard InChI is InChI=1S/C24H23FN2O2S/c1-15-12-16(2)24(17(3)13-15)27-23(29)14-26-22(28)11-9-18-8-10-21(30-18)19-6-4-5-7-20(19)25/h4-13H,14H2,1-3H3,(H,26,28)(H,27,29)/b11-9+. The Bertz CT molecular complexity index is 1090. The van der Waals surface area contributed by atoms with Gasteiger partial charge in [0.15, 0.2) is 0 Å². The van der Waals surface area contributed by atoms with Gasteiger partial charge in [0.2, 0.25) is 11.8 Å². The lowest BCUT2D eigenvalue weighted by atomic mass is 10.1. The first-order valence-corrected chi connectivity index (χ1v) is 10.3. The van der Waals surface area contributed by atoms with Crippen LogP contribution in [0.2, 0.25) is 0 Å². The first-order valence-electron chi connectivity index (χ1n) is 9.52. The molecule has 154 valence electrons. The molecule has 30 heavy (non-hydrogen) atoms. The minimum absolute atomic E-state index is 0.124. The van der Waals surface area contributed by atoms with E-state index in [2.05, 4.69) is 10.6 Å². The summed E-state index contributed by atoms with van der Waals surface area (Å²) >= 11 is 1.39. The van der Waals surface area contributed by atoms with Gasteiger partial charge in [0.05, 0.1) is 6.54 Å². The summed E-state index contributed by atoms with van der Waals surface area (Å²) in [6.45, 7) is 5.76. The summed E-state index contributed by atoms with van der Waals surface area (Å²) in [5.74, 6) is -0.939. The van der Waals surface area contributed by atoms with Crippen LogP contribution in [0.15, 0.2) is 54.6 Å². The normalized spacial score (nSPS) is 10.9. The summed E-state index contributed by atoms with van der Waals surface area (Å²) in [7, 11) is 0. The molecule has 1 aromatic heterocycles. The quantitative estimate of drug-likeness (QED) is 0.533. The third kappa shape index (κ3) is 5.42. The second-order valence-corrected chi connectivity index (χ2v) is 8.17. The molecule has 0 bridgehead atoms. The van der Waals surface area contributed by atoms with Gasteiger partial charge in [0.25, 0.3) is 0 Å². The van der Waals surface area contributed by atoms with Crippen LogP contribution in [0.1, 0.15) is 21.6 Å². The number of anilines is 1. The van der Waals surface area contributed by atoms with E-state index in [1.54, 1.807) is 24.3 Å². The van der Waals surface area contributed by atoms with E-state index in [-0.39, 0.29) is 24.2 Å². The van der Waals surface area contributed by atoms with Crippen molar-refractivity contribution in [1.82, 2.24) is 5.32 Å². The number of aryl methyl sites for hydroxylation is 3. The molecule has 3 aromatic rings. The van der Waals surface area contributed by atoms with Crippen LogP contribution in [0.4, 0.5) is 10.1 Å². The van der Waals surface area contributed by atoms with Crippen molar-refractivity contribution in [2.75, 3.05) is 11.9 Å². The molecule has 2 aromatic carbocycles. The van der Waals surface area contributed by atoms with Crippen molar-refractivity contribution < 1.29 is 14.0 Å². The number of benzene rings is 2. The highest BCUT2D eigenvalue weighted by Crippen LogP contribution is 2.30. The highest BCUT2D eigenvalue weighted by Gasteiger charge is 2.10. The molecule has 0 fully saturated rings. The van der Waals surface area contributed by atoms with Gasteiger partial charge in [-0.1, -0.05) is 35.9 Å². The van der Waals surface area contributed by atoms with E-state index in [1.165, 1.54) is 23.5 Å². The van der Waals surface area contributed by atoms with Gasteiger partial charge in [-0.05, 0) is 56.2 Å². The summed E-state index contributed by atoms with van der Waals surface area (Å²) in [5, 5.41) is 5.43. The lowest BCUT2D eigenvalue weighted by molar-refractivity contribution is -0.121. The Kier molecular flexibility index (Phi) is 6.79. The van der Waals surface area contributed by atoms with Gasteiger partial charge < -0.3 is 10.6 Å². The molecule has 2 amide bonds. The highest BCUT2D eigenvalue weighted by atomic mass is 32.1. The van der Waals surface area contributed by atoms with Gasteiger partial charge in [0.1, 0.15) is 5.82 Å². The van der Waals surface area contributed by atoms with E-state index in [0.29, 0.717) is 5.56 Å². The Morgan fingerprint density at radius 2 is 1.73 bits per heavy atom. The van der Waals surface area contributed by atoms with Crippen molar-refractivity contribution in [3.8, 4) is 10.4 Å². The average Bonchev–Trinajstić information content (AvgIpc) is 3.16. The van der Waals surface area contributed by atoms with Gasteiger partial charge in [-0.3, -0.25) is 9.59 Å². The largest absolute Gasteiger partial charge is 0.343 e. The summed E-state index contributed by atoms with van der Waals surface area (Å²) < 4.78 is 13.9. The van der Waals surface area contributed by atoms with Gasteiger partial charge in [-0.25, -0.2) is 4.39 Å². The number of amides is 2. The number of hydrogen-bond acceptors (Lipinski definition) is 3. The molecule has 0 aliphatic heterocycles. The Morgan fingerprint density at radius 1 is 1.03 bits per heavy atom. The van der Waals surface area contributed by atoms with Crippen LogP contribution >= 0.6 is 11.3 Å². The van der Waals surface area contributed by atoms with Crippen LogP contribution in [0, 0.1) is 26.6 Å². The second-order valence-electron chi connectivity index (χ2n) is 7.05. The Morgan fingerprint density at radius 3 is 2.43 bits per heavy atom. The zero-order chi connectivity index (χ0) is 21.7. The van der Waals surface area contributed by atoms with E-state index in [9.17, 15) is 14.0 Å². The Hall–Kier alpha value is -3.25. The number of carbonyl (C=O) groups is 2. The zero-order valence-electron chi connectivity index (χ0n) is 17.1. The SMILES string of the molecule is Cc1cc(C)c(NC(=O)CNC(=O)/C=C/c2ccc(-c3ccccc3F)s2)c(C)c1. The molecule has 0 saturated heterocycles. The van der Waals surface area contributed by atoms with Gasteiger partial charge in [0, 0.05) is 27.1 Å². The predicted octanol–water partition coefficient (Wildman–Crippen LogP) is 5.25. The Balaban J connectivity index is 1.54. The summed E-state index contributed by atoms with van der Waals surface area (Å²) in [4.78, 5) is 25.8. The van der Waals surface area contributed by atoms with Crippen molar-refractivity contribution >= 4 is 34.9 Å². The minimum atomic E-state index is -0.372. The fourth-order valence-corrected chi connectivity index (χ4v) is 4.13. The van der Waals surface area contributed by atoms with E-state index < -0.39 is 0 Å². The average molecular weight is 423 g/mol. The summed E-state index contributed by atoms with van der Waals surface area (Å²) in [5.41, 5.74) is 4.40. The molecule has 0 aliphatic rings. The molecule has 4 nitrogen and oxygen atoms in total. The molecule has 0 radical (unpaired) electrons. The molecule has 0 saturated carbocycles. The monoisotopic (exact) mass is 422 g/mol. The van der Waals surface area contributed by atoms with Gasteiger partial charge in [-0.2, -0.15) is 0 Å². The number of carbonyl (C=O) groups excluding carboxylic acids is 2. The van der Waals surface area contributed by atoms with E-state index in [4.69, 9.17) is 0 Å². The van der Waals surface area contributed by atoms with E-state index in [0.717, 1.165) is 32.1 Å². The fraction of sp³-hybridized carbons (Fsp3) is 0.167. The Labute approximate surface area is 179 Å². The van der Waals surface area contributed by atoms with Crippen LogP contribution in [-0.4, -0.2) is 18.4 Å². The molecule has 3 rings (SSSR count). The summed E-state index contributed by atoms with van der Waals surface area (Å²) in [6.07, 6.45) is 3.02. The van der Waals surface area contributed by atoms with Crippen LogP contribution in [-0.2, 0) is 9.59 Å². The lowest BCUT2D eigenvalue weighted by Crippen LogP contribution is -2.32. The van der Waals surface area contributed by atoms with Crippen molar-refractivity contribution in [3.63, 3.8) is 0 Å². The van der Waals surface area contributed by atoms with E-state index in [1.807, 2.05) is 45.0 Å². The third-order valence-corrected chi connectivity index (χ3v) is 5.61. The maximum Gasteiger partial charge on any atom is 0.244 e. The maximum atomic E-state index is 13.9. The lowest BCUT2D eigenvalue weighted by Gasteiger charge is -2.13. The molecular formula is C24H23FN2O2S. The van der Waals surface area contributed by atoms with Crippen molar-refractivity contribution in [2.24, 2.45) is 0 Å². The van der Waals surface area contributed by atoms with Crippen LogP contribution < -0.4 is 10.6 Å². The molecule has 0 unspecified atom stereocenters. The first kappa shape index (κ1) is 21.5. The highest BCUT2D eigenvalue weighted by molar-refractivity contribution is 7.16. The number of thiophene rings is 1. The molecule has 2 N–H and O–H groups in total. The number of rotatable bonds is 6. The minimum Gasteiger partial charge on any atom is -0.343 e. The topological polar surface area (TPSA) is 58.2 Å². The molecule has 1 heterocycles. The third-order valence-electron chi connectivity index (χ3n) is 4.53. The van der Waals surface area contributed by atoms with Gasteiger partial charge in [-0.15, -0.1) is 11.3 Å². The molecule has 0 spiro atoms. The predicted molar refractivity (Wildman–Crippen MR) is 121 cm³/mol. The van der Waals surface area contributed by atoms with Crippen LogP contribution in [0.5, 0.6) is 0 Å². The molecular weight excluding hydrogens is 399 g/mol. The fourth-order valence-electron chi connectivity index (χ4n) is 3.19. The first-order chi connectivity index (χ1) is 14.3.